The van der Waals surface area contributed by atoms with Crippen molar-refractivity contribution in [2.24, 2.45) is 11.5 Å². The predicted molar refractivity (Wildman–Crippen MR) is 69.6 cm³/mol. The molecule has 0 aliphatic rings. The van der Waals surface area contributed by atoms with Crippen LogP contribution in [-0.2, 0) is 10.3 Å². The number of nitrogens with zero attached hydrogens (tertiary/aromatic N) is 1. The number of halogens is 2. The first-order chi connectivity index (χ1) is 8.86. The van der Waals surface area contributed by atoms with Crippen molar-refractivity contribution in [3.63, 3.8) is 0 Å². The van der Waals surface area contributed by atoms with E-state index in [-0.39, 0.29) is 19.5 Å². The molecule has 0 fully saturated rings. The lowest BCUT2D eigenvalue weighted by Crippen LogP contribution is -2.51. The van der Waals surface area contributed by atoms with Gasteiger partial charge in [-0.05, 0) is 19.0 Å². The van der Waals surface area contributed by atoms with Crippen LogP contribution in [0.5, 0.6) is 0 Å². The summed E-state index contributed by atoms with van der Waals surface area (Å²) >= 11 is 0. The lowest BCUT2D eigenvalue weighted by Gasteiger charge is -2.28. The molecule has 0 aliphatic carbocycles. The summed E-state index contributed by atoms with van der Waals surface area (Å²) in [5.41, 5.74) is 10.7. The molecule has 4 nitrogen and oxygen atoms in total. The summed E-state index contributed by atoms with van der Waals surface area (Å²) in [5, 5.41) is 0. The lowest BCUT2D eigenvalue weighted by atomic mass is 9.87. The smallest absolute Gasteiger partial charge is 0.251 e. The van der Waals surface area contributed by atoms with Crippen molar-refractivity contribution in [3.05, 3.63) is 35.9 Å². The molecule has 0 aromatic heterocycles. The molecule has 0 radical (unpaired) electrons. The minimum Gasteiger partial charge on any atom is -0.368 e. The molecule has 4 N–H and O–H groups in total. The highest BCUT2D eigenvalue weighted by molar-refractivity contribution is 5.85. The fraction of sp³-hybridized carbons (Fsp3) is 0.462. The van der Waals surface area contributed by atoms with E-state index >= 15 is 0 Å². The molecule has 1 atom stereocenters. The molecule has 1 rings (SSSR count). The molecule has 0 aliphatic heterocycles. The molecule has 0 bridgehead atoms. The number of alkyl halides is 2. The molecular formula is C13H19F2N3O. The van der Waals surface area contributed by atoms with Crippen molar-refractivity contribution in [3.8, 4) is 0 Å². The summed E-state index contributed by atoms with van der Waals surface area (Å²) in [6.07, 6.45) is -2.22. The van der Waals surface area contributed by atoms with Gasteiger partial charge in [-0.3, -0.25) is 4.79 Å². The molecule has 0 heterocycles. The van der Waals surface area contributed by atoms with Crippen LogP contribution in [0.4, 0.5) is 8.78 Å². The standard InChI is InChI=1S/C13H19F2N3O/c1-18(9-11(14)15)8-7-13(17,12(16)19)10-5-3-2-4-6-10/h2-6,11H,7-9,17H2,1H3,(H2,16,19). The van der Waals surface area contributed by atoms with Gasteiger partial charge in [0.15, 0.2) is 0 Å². The highest BCUT2D eigenvalue weighted by Crippen LogP contribution is 2.22. The number of primary amides is 1. The summed E-state index contributed by atoms with van der Waals surface area (Å²) in [4.78, 5) is 13.0. The third kappa shape index (κ3) is 4.25. The van der Waals surface area contributed by atoms with Gasteiger partial charge < -0.3 is 16.4 Å². The van der Waals surface area contributed by atoms with Crippen LogP contribution in [0.2, 0.25) is 0 Å². The van der Waals surface area contributed by atoms with Crippen LogP contribution in [-0.4, -0.2) is 37.4 Å². The summed E-state index contributed by atoms with van der Waals surface area (Å²) in [7, 11) is 1.55. The highest BCUT2D eigenvalue weighted by Gasteiger charge is 2.33. The van der Waals surface area contributed by atoms with Crippen LogP contribution in [0.15, 0.2) is 30.3 Å². The second-order valence-corrected chi connectivity index (χ2v) is 4.60. The lowest BCUT2D eigenvalue weighted by molar-refractivity contribution is -0.123. The SMILES string of the molecule is CN(CCC(N)(C(N)=O)c1ccccc1)CC(F)F. The molecule has 0 saturated carbocycles. The number of carbonyl (C=O) groups is 1. The van der Waals surface area contributed by atoms with Gasteiger partial charge in [0.25, 0.3) is 6.43 Å². The van der Waals surface area contributed by atoms with Crippen molar-refractivity contribution >= 4 is 5.91 Å². The first kappa shape index (κ1) is 15.5. The first-order valence-electron chi connectivity index (χ1n) is 5.97. The monoisotopic (exact) mass is 271 g/mol. The fourth-order valence-electron chi connectivity index (χ4n) is 1.84. The third-order valence-corrected chi connectivity index (χ3v) is 3.07. The number of amides is 1. The summed E-state index contributed by atoms with van der Waals surface area (Å²) in [6.45, 7) is -0.0949. The van der Waals surface area contributed by atoms with E-state index in [1.165, 1.54) is 4.90 Å². The topological polar surface area (TPSA) is 72.3 Å². The van der Waals surface area contributed by atoms with Crippen molar-refractivity contribution in [2.75, 3.05) is 20.1 Å². The van der Waals surface area contributed by atoms with Crippen molar-refractivity contribution in [1.82, 2.24) is 4.90 Å². The zero-order valence-electron chi connectivity index (χ0n) is 10.9. The molecule has 1 amide bonds. The second kappa shape index (κ2) is 6.58. The van der Waals surface area contributed by atoms with Crippen LogP contribution < -0.4 is 11.5 Å². The minimum absolute atomic E-state index is 0.190. The van der Waals surface area contributed by atoms with E-state index in [1.807, 2.05) is 0 Å². The van der Waals surface area contributed by atoms with E-state index in [0.717, 1.165) is 0 Å². The Labute approximate surface area is 111 Å². The van der Waals surface area contributed by atoms with E-state index in [9.17, 15) is 13.6 Å². The van der Waals surface area contributed by atoms with E-state index in [2.05, 4.69) is 0 Å². The average Bonchev–Trinajstić information content (AvgIpc) is 2.36. The molecule has 19 heavy (non-hydrogen) atoms. The Balaban J connectivity index is 2.76. The highest BCUT2D eigenvalue weighted by atomic mass is 19.3. The van der Waals surface area contributed by atoms with Gasteiger partial charge in [0.05, 0.1) is 6.54 Å². The van der Waals surface area contributed by atoms with Gasteiger partial charge in [-0.25, -0.2) is 8.78 Å². The van der Waals surface area contributed by atoms with Crippen LogP contribution in [0.3, 0.4) is 0 Å². The maximum Gasteiger partial charge on any atom is 0.251 e. The Hall–Kier alpha value is -1.53. The zero-order chi connectivity index (χ0) is 14.5. The van der Waals surface area contributed by atoms with Crippen LogP contribution in [0.25, 0.3) is 0 Å². The molecule has 1 unspecified atom stereocenters. The summed E-state index contributed by atoms with van der Waals surface area (Å²) in [6, 6.07) is 8.72. The Morgan fingerprint density at radius 3 is 2.42 bits per heavy atom. The van der Waals surface area contributed by atoms with Gasteiger partial charge in [0.2, 0.25) is 5.91 Å². The second-order valence-electron chi connectivity index (χ2n) is 4.60. The van der Waals surface area contributed by atoms with Gasteiger partial charge in [-0.2, -0.15) is 0 Å². The molecule has 0 spiro atoms. The Bertz CT molecular complexity index is 414. The first-order valence-corrected chi connectivity index (χ1v) is 5.97. The average molecular weight is 271 g/mol. The zero-order valence-corrected chi connectivity index (χ0v) is 10.9. The number of rotatable bonds is 7. The predicted octanol–water partition coefficient (Wildman–Crippen LogP) is 0.913. The molecule has 0 saturated heterocycles. The van der Waals surface area contributed by atoms with Gasteiger partial charge in [0, 0.05) is 6.54 Å². The Morgan fingerprint density at radius 2 is 1.95 bits per heavy atom. The molecule has 106 valence electrons. The molecule has 1 aromatic carbocycles. The van der Waals surface area contributed by atoms with Crippen LogP contribution >= 0.6 is 0 Å². The van der Waals surface area contributed by atoms with Crippen LogP contribution in [0.1, 0.15) is 12.0 Å². The van der Waals surface area contributed by atoms with Gasteiger partial charge in [-0.15, -0.1) is 0 Å². The van der Waals surface area contributed by atoms with E-state index in [1.54, 1.807) is 37.4 Å². The Kier molecular flexibility index (Phi) is 5.38. The van der Waals surface area contributed by atoms with Crippen molar-refractivity contribution in [1.29, 1.82) is 0 Å². The van der Waals surface area contributed by atoms with E-state index in [0.29, 0.717) is 5.56 Å². The van der Waals surface area contributed by atoms with Crippen LogP contribution in [0, 0.1) is 0 Å². The van der Waals surface area contributed by atoms with Gasteiger partial charge >= 0.3 is 0 Å². The van der Waals surface area contributed by atoms with E-state index in [4.69, 9.17) is 11.5 Å². The van der Waals surface area contributed by atoms with Gasteiger partial charge in [0.1, 0.15) is 5.54 Å². The van der Waals surface area contributed by atoms with E-state index < -0.39 is 17.9 Å². The molecule has 1 aromatic rings. The van der Waals surface area contributed by atoms with Gasteiger partial charge in [-0.1, -0.05) is 30.3 Å². The normalized spacial score (nSPS) is 14.6. The number of hydrogen-bond donors (Lipinski definition) is 2. The maximum atomic E-state index is 12.2. The minimum atomic E-state index is -2.41. The summed E-state index contributed by atoms with van der Waals surface area (Å²) in [5.74, 6) is -0.663. The van der Waals surface area contributed by atoms with Crippen molar-refractivity contribution < 1.29 is 13.6 Å². The third-order valence-electron chi connectivity index (χ3n) is 3.07. The fourth-order valence-corrected chi connectivity index (χ4v) is 1.84. The number of carbonyl (C=O) groups excluding carboxylic acids is 1. The maximum absolute atomic E-state index is 12.2. The number of nitrogens with two attached hydrogens (primary N) is 2. The van der Waals surface area contributed by atoms with Crippen molar-refractivity contribution in [2.45, 2.75) is 18.4 Å². The number of benzene rings is 1. The quantitative estimate of drug-likeness (QED) is 0.774. The molecular weight excluding hydrogens is 252 g/mol. The largest absolute Gasteiger partial charge is 0.368 e. The molecule has 6 heteroatoms. The Morgan fingerprint density at radius 1 is 1.37 bits per heavy atom. The number of hydrogen-bond acceptors (Lipinski definition) is 3. The summed E-state index contributed by atoms with van der Waals surface area (Å²) < 4.78 is 24.4.